The predicted molar refractivity (Wildman–Crippen MR) is 131 cm³/mol. The Morgan fingerprint density at radius 1 is 0.622 bits per heavy atom. The number of carbonyl (C=O) groups excluding carboxylic acids is 3. The third-order valence-electron chi connectivity index (χ3n) is 4.98. The van der Waals surface area contributed by atoms with Crippen LogP contribution in [0.3, 0.4) is 0 Å². The summed E-state index contributed by atoms with van der Waals surface area (Å²) in [6, 6.07) is 0. The Kier molecular flexibility index (Phi) is 24.1. The molecule has 1 unspecified atom stereocenters. The summed E-state index contributed by atoms with van der Waals surface area (Å²) >= 11 is 0. The van der Waals surface area contributed by atoms with Crippen LogP contribution in [0.4, 0.5) is 0 Å². The molecule has 0 aliphatic carbocycles. The van der Waals surface area contributed by atoms with Crippen molar-refractivity contribution in [2.45, 2.75) is 52.4 Å². The maximum Gasteiger partial charge on any atom is 0.372 e. The number of aliphatic carboxylic acids is 1. The van der Waals surface area contributed by atoms with E-state index in [1.54, 1.807) is 0 Å². The predicted octanol–water partition coefficient (Wildman–Crippen LogP) is 1.81. The van der Waals surface area contributed by atoms with Crippen LogP contribution in [0, 0.1) is 5.92 Å². The monoisotopic (exact) mass is 536 g/mol. The normalized spacial score (nSPS) is 11.7. The van der Waals surface area contributed by atoms with Crippen molar-refractivity contribution < 1.29 is 57.4 Å². The number of esters is 2. The first-order chi connectivity index (χ1) is 17.9. The van der Waals surface area contributed by atoms with Gasteiger partial charge in [0.1, 0.15) is 13.2 Å². The molecule has 0 spiro atoms. The van der Waals surface area contributed by atoms with Gasteiger partial charge in [0.2, 0.25) is 5.78 Å². The molecule has 216 valence electrons. The number of hydrogen-bond donors (Lipinski definition) is 1. The van der Waals surface area contributed by atoms with Crippen LogP contribution in [-0.2, 0) is 52.3 Å². The Morgan fingerprint density at radius 3 is 1.46 bits per heavy atom. The molecule has 1 atom stereocenters. The van der Waals surface area contributed by atoms with Crippen molar-refractivity contribution in [3.05, 3.63) is 0 Å². The molecule has 12 heteroatoms. The van der Waals surface area contributed by atoms with E-state index in [0.29, 0.717) is 59.5 Å². The van der Waals surface area contributed by atoms with Crippen molar-refractivity contribution in [2.75, 3.05) is 79.3 Å². The van der Waals surface area contributed by atoms with Crippen LogP contribution in [0.25, 0.3) is 0 Å². The minimum absolute atomic E-state index is 0.0141. The van der Waals surface area contributed by atoms with Gasteiger partial charge in [-0.3, -0.25) is 14.4 Å². The second-order valence-corrected chi connectivity index (χ2v) is 7.93. The highest BCUT2D eigenvalue weighted by molar-refractivity contribution is 6.32. The lowest BCUT2D eigenvalue weighted by atomic mass is 10.00. The van der Waals surface area contributed by atoms with Crippen LogP contribution >= 0.6 is 0 Å². The Bertz CT molecular complexity index is 610. The van der Waals surface area contributed by atoms with Gasteiger partial charge in [-0.05, 0) is 12.8 Å². The van der Waals surface area contributed by atoms with Crippen LogP contribution in [0.5, 0.6) is 0 Å². The maximum absolute atomic E-state index is 12.0. The van der Waals surface area contributed by atoms with Gasteiger partial charge in [0, 0.05) is 6.42 Å². The van der Waals surface area contributed by atoms with Gasteiger partial charge in [0.15, 0.2) is 0 Å². The summed E-state index contributed by atoms with van der Waals surface area (Å²) in [5.74, 6) is -3.40. The maximum atomic E-state index is 12.0. The molecule has 0 aliphatic rings. The molecule has 0 heterocycles. The topological polar surface area (TPSA) is 153 Å². The van der Waals surface area contributed by atoms with Crippen LogP contribution < -0.4 is 0 Å². The van der Waals surface area contributed by atoms with Crippen LogP contribution in [0.2, 0.25) is 0 Å². The minimum Gasteiger partial charge on any atom is -0.476 e. The number of ether oxygens (including phenoxy) is 7. The van der Waals surface area contributed by atoms with E-state index >= 15 is 0 Å². The smallest absolute Gasteiger partial charge is 0.372 e. The lowest BCUT2D eigenvalue weighted by Gasteiger charge is -2.13. The van der Waals surface area contributed by atoms with Gasteiger partial charge in [-0.25, -0.2) is 4.79 Å². The van der Waals surface area contributed by atoms with Crippen molar-refractivity contribution in [2.24, 2.45) is 5.92 Å². The molecular formula is C25H44O12. The Hall–Kier alpha value is -2.12. The number of carboxylic acids is 1. The summed E-state index contributed by atoms with van der Waals surface area (Å²) in [6.07, 6.45) is 3.11. The van der Waals surface area contributed by atoms with E-state index in [-0.39, 0.29) is 44.5 Å². The molecule has 0 aromatic carbocycles. The molecule has 0 bridgehead atoms. The molecule has 0 saturated carbocycles. The SMILES string of the molecule is CCCCC(CC)C(=O)OCCOCCOCCOCCOCCOCCOC(=O)CCC(=O)C(=O)O. The van der Waals surface area contributed by atoms with Gasteiger partial charge < -0.3 is 38.3 Å². The van der Waals surface area contributed by atoms with Gasteiger partial charge in [0.25, 0.3) is 0 Å². The quantitative estimate of drug-likeness (QED) is 0.0925. The highest BCUT2D eigenvalue weighted by Gasteiger charge is 2.17. The van der Waals surface area contributed by atoms with E-state index in [1.165, 1.54) is 0 Å². The van der Waals surface area contributed by atoms with Crippen molar-refractivity contribution in [3.8, 4) is 0 Å². The number of carbonyl (C=O) groups is 4. The summed E-state index contributed by atoms with van der Waals surface area (Å²) in [6.45, 7) is 8.06. The number of rotatable bonds is 27. The van der Waals surface area contributed by atoms with E-state index in [0.717, 1.165) is 25.7 Å². The molecule has 1 N–H and O–H groups in total. The average Bonchev–Trinajstić information content (AvgIpc) is 2.88. The molecule has 0 amide bonds. The zero-order valence-corrected chi connectivity index (χ0v) is 22.2. The Labute approximate surface area is 219 Å². The van der Waals surface area contributed by atoms with E-state index in [1.807, 2.05) is 6.92 Å². The first-order valence-electron chi connectivity index (χ1n) is 12.9. The third kappa shape index (κ3) is 22.8. The standard InChI is InChI=1S/C25H44O12/c1-3-5-6-21(4-2)25(30)37-20-18-35-16-14-33-12-10-31-9-11-32-13-15-34-17-19-36-23(27)8-7-22(26)24(28)29/h21H,3-20H2,1-2H3,(H,28,29). The molecule has 0 radical (unpaired) electrons. The highest BCUT2D eigenvalue weighted by Crippen LogP contribution is 2.14. The molecule has 0 aliphatic heterocycles. The molecular weight excluding hydrogens is 492 g/mol. The van der Waals surface area contributed by atoms with Crippen LogP contribution in [0.1, 0.15) is 52.4 Å². The van der Waals surface area contributed by atoms with Crippen molar-refractivity contribution in [1.29, 1.82) is 0 Å². The molecule has 0 saturated heterocycles. The largest absolute Gasteiger partial charge is 0.476 e. The molecule has 12 nitrogen and oxygen atoms in total. The number of ketones is 1. The van der Waals surface area contributed by atoms with Crippen molar-refractivity contribution in [3.63, 3.8) is 0 Å². The third-order valence-corrected chi connectivity index (χ3v) is 4.98. The fourth-order valence-electron chi connectivity index (χ4n) is 2.85. The molecule has 0 aromatic heterocycles. The molecule has 0 aromatic rings. The average molecular weight is 537 g/mol. The molecule has 0 fully saturated rings. The summed E-state index contributed by atoms with van der Waals surface area (Å²) < 4.78 is 36.8. The Balaban J connectivity index is 3.30. The van der Waals surface area contributed by atoms with E-state index in [4.69, 9.17) is 38.3 Å². The van der Waals surface area contributed by atoms with Gasteiger partial charge in [-0.1, -0.05) is 26.7 Å². The number of carboxylic acid groups (broad SMARTS) is 1. The van der Waals surface area contributed by atoms with Gasteiger partial charge >= 0.3 is 17.9 Å². The van der Waals surface area contributed by atoms with E-state index in [9.17, 15) is 19.2 Å². The molecule has 0 rings (SSSR count). The fourth-order valence-corrected chi connectivity index (χ4v) is 2.85. The summed E-state index contributed by atoms with van der Waals surface area (Å²) in [5.41, 5.74) is 0. The van der Waals surface area contributed by atoms with Crippen LogP contribution in [-0.4, -0.2) is 108 Å². The van der Waals surface area contributed by atoms with E-state index in [2.05, 4.69) is 6.92 Å². The molecule has 37 heavy (non-hydrogen) atoms. The Morgan fingerprint density at radius 2 is 1.05 bits per heavy atom. The minimum atomic E-state index is -1.56. The van der Waals surface area contributed by atoms with Gasteiger partial charge in [-0.2, -0.15) is 0 Å². The van der Waals surface area contributed by atoms with Gasteiger partial charge in [0.05, 0.1) is 78.4 Å². The zero-order chi connectivity index (χ0) is 27.6. The lowest BCUT2D eigenvalue weighted by Crippen LogP contribution is -2.20. The first-order valence-corrected chi connectivity index (χ1v) is 12.9. The van der Waals surface area contributed by atoms with Gasteiger partial charge in [-0.15, -0.1) is 0 Å². The fraction of sp³-hybridized carbons (Fsp3) is 0.840. The van der Waals surface area contributed by atoms with Crippen LogP contribution in [0.15, 0.2) is 0 Å². The van der Waals surface area contributed by atoms with Crippen molar-refractivity contribution >= 4 is 23.7 Å². The number of Topliss-reactive ketones (excluding diaryl/α,β-unsaturated/α-hetero) is 1. The second-order valence-electron chi connectivity index (χ2n) is 7.93. The number of unbranched alkanes of at least 4 members (excludes halogenated alkanes) is 1. The van der Waals surface area contributed by atoms with Crippen molar-refractivity contribution in [1.82, 2.24) is 0 Å². The van der Waals surface area contributed by atoms with E-state index < -0.39 is 17.7 Å². The lowest BCUT2D eigenvalue weighted by molar-refractivity contribution is -0.151. The highest BCUT2D eigenvalue weighted by atomic mass is 16.6. The summed E-state index contributed by atoms with van der Waals surface area (Å²) in [4.78, 5) is 44.5. The summed E-state index contributed by atoms with van der Waals surface area (Å²) in [5, 5.41) is 8.42. The summed E-state index contributed by atoms with van der Waals surface area (Å²) in [7, 11) is 0. The first kappa shape index (κ1) is 34.9. The second kappa shape index (κ2) is 25.5. The zero-order valence-electron chi connectivity index (χ0n) is 22.2. The number of hydrogen-bond acceptors (Lipinski definition) is 11.